The van der Waals surface area contributed by atoms with Crippen molar-refractivity contribution >= 4 is 17.3 Å². The number of aryl methyl sites for hydroxylation is 2. The summed E-state index contributed by atoms with van der Waals surface area (Å²) >= 11 is 0. The lowest BCUT2D eigenvalue weighted by molar-refractivity contribution is -0.385. The molecule has 3 rings (SSSR count). The number of hydrogen-bond donors (Lipinski definition) is 1. The zero-order valence-electron chi connectivity index (χ0n) is 15.6. The highest BCUT2D eigenvalue weighted by molar-refractivity contribution is 6.06. The highest BCUT2D eigenvalue weighted by Crippen LogP contribution is 2.25. The smallest absolute Gasteiger partial charge is 0.317 e. The van der Waals surface area contributed by atoms with E-state index in [9.17, 15) is 14.9 Å². The van der Waals surface area contributed by atoms with E-state index in [0.717, 1.165) is 11.3 Å². The van der Waals surface area contributed by atoms with Crippen LogP contribution in [0, 0.1) is 30.9 Å². The molecule has 0 unspecified atom stereocenters. The van der Waals surface area contributed by atoms with Crippen LogP contribution in [0.1, 0.15) is 33.1 Å². The molecule has 0 aliphatic heterocycles. The quantitative estimate of drug-likeness (QED) is 0.550. The molecule has 2 heterocycles. The van der Waals surface area contributed by atoms with Gasteiger partial charge >= 0.3 is 5.69 Å². The molecule has 0 aliphatic carbocycles. The third-order valence-electron chi connectivity index (χ3n) is 4.50. The lowest BCUT2D eigenvalue weighted by Gasteiger charge is -2.06. The van der Waals surface area contributed by atoms with Crippen LogP contribution >= 0.6 is 0 Å². The maximum atomic E-state index is 12.6. The Hall–Kier alpha value is -3.49. The molecular formula is C18H20N6O3. The summed E-state index contributed by atoms with van der Waals surface area (Å²) in [5.41, 5.74) is 2.83. The Labute approximate surface area is 155 Å². The number of carbonyl (C=O) groups excluding carboxylic acids is 1. The van der Waals surface area contributed by atoms with Gasteiger partial charge in [0.2, 0.25) is 5.69 Å². The van der Waals surface area contributed by atoms with Gasteiger partial charge in [0.15, 0.2) is 0 Å². The third-order valence-corrected chi connectivity index (χ3v) is 4.50. The molecular weight excluding hydrogens is 348 g/mol. The Balaban J connectivity index is 1.90. The van der Waals surface area contributed by atoms with Crippen LogP contribution in [0.25, 0.3) is 0 Å². The van der Waals surface area contributed by atoms with Gasteiger partial charge in [-0.3, -0.25) is 24.3 Å². The van der Waals surface area contributed by atoms with Crippen molar-refractivity contribution in [3.63, 3.8) is 0 Å². The average Bonchev–Trinajstić information content (AvgIpc) is 3.07. The second kappa shape index (κ2) is 7.02. The lowest BCUT2D eigenvalue weighted by Crippen LogP contribution is -2.16. The van der Waals surface area contributed by atoms with Crippen LogP contribution < -0.4 is 5.32 Å². The van der Waals surface area contributed by atoms with Gasteiger partial charge in [0.05, 0.1) is 28.5 Å². The van der Waals surface area contributed by atoms with Crippen LogP contribution in [0.2, 0.25) is 0 Å². The Morgan fingerprint density at radius 1 is 1.15 bits per heavy atom. The normalized spacial score (nSPS) is 10.8. The Morgan fingerprint density at radius 2 is 1.81 bits per heavy atom. The molecule has 9 nitrogen and oxygen atoms in total. The van der Waals surface area contributed by atoms with E-state index < -0.39 is 10.8 Å². The third kappa shape index (κ3) is 3.43. The van der Waals surface area contributed by atoms with E-state index in [2.05, 4.69) is 15.5 Å². The standard InChI is InChI=1S/C18H20N6O3/c1-11-15(12(2)23(20-11)10-14-8-6-5-7-9-14)19-18(25)16-17(24(26)27)13(3)22(4)21-16/h5-9H,10H2,1-4H3,(H,19,25). The number of hydrogen-bond acceptors (Lipinski definition) is 5. The highest BCUT2D eigenvalue weighted by atomic mass is 16.6. The highest BCUT2D eigenvalue weighted by Gasteiger charge is 2.30. The van der Waals surface area contributed by atoms with E-state index >= 15 is 0 Å². The van der Waals surface area contributed by atoms with Crippen molar-refractivity contribution in [1.29, 1.82) is 0 Å². The molecule has 0 bridgehead atoms. The first-order valence-corrected chi connectivity index (χ1v) is 8.36. The number of nitrogens with one attached hydrogen (secondary N) is 1. The number of nitrogens with zero attached hydrogens (tertiary/aromatic N) is 5. The summed E-state index contributed by atoms with van der Waals surface area (Å²) in [6, 6.07) is 9.83. The Morgan fingerprint density at radius 3 is 2.44 bits per heavy atom. The molecule has 1 amide bonds. The fraction of sp³-hybridized carbons (Fsp3) is 0.278. The first-order valence-electron chi connectivity index (χ1n) is 8.36. The van der Waals surface area contributed by atoms with Crippen molar-refractivity contribution in [1.82, 2.24) is 19.6 Å². The van der Waals surface area contributed by atoms with E-state index in [-0.39, 0.29) is 11.4 Å². The Bertz CT molecular complexity index is 1020. The maximum absolute atomic E-state index is 12.6. The van der Waals surface area contributed by atoms with E-state index in [1.807, 2.05) is 37.3 Å². The summed E-state index contributed by atoms with van der Waals surface area (Å²) in [6.07, 6.45) is 0. The van der Waals surface area contributed by atoms with Crippen LogP contribution in [0.3, 0.4) is 0 Å². The largest absolute Gasteiger partial charge is 0.322 e. The fourth-order valence-electron chi connectivity index (χ4n) is 2.93. The maximum Gasteiger partial charge on any atom is 0.322 e. The molecule has 140 valence electrons. The molecule has 9 heteroatoms. The monoisotopic (exact) mass is 368 g/mol. The average molecular weight is 368 g/mol. The van der Waals surface area contributed by atoms with Crippen molar-refractivity contribution < 1.29 is 9.72 Å². The number of nitro groups is 1. The van der Waals surface area contributed by atoms with Gasteiger partial charge < -0.3 is 5.32 Å². The van der Waals surface area contributed by atoms with Crippen molar-refractivity contribution in [3.05, 3.63) is 68.8 Å². The summed E-state index contributed by atoms with van der Waals surface area (Å²) < 4.78 is 3.12. The summed E-state index contributed by atoms with van der Waals surface area (Å²) in [5.74, 6) is -0.629. The van der Waals surface area contributed by atoms with Gasteiger partial charge in [-0.15, -0.1) is 0 Å². The molecule has 0 saturated heterocycles. The molecule has 0 atom stereocenters. The van der Waals surface area contributed by atoms with Crippen LogP contribution in [-0.2, 0) is 13.6 Å². The number of benzene rings is 1. The number of amides is 1. The minimum atomic E-state index is -0.629. The molecule has 0 saturated carbocycles. The number of aromatic nitrogens is 4. The minimum absolute atomic E-state index is 0.213. The molecule has 0 spiro atoms. The van der Waals surface area contributed by atoms with Gasteiger partial charge in [0.1, 0.15) is 5.69 Å². The summed E-state index contributed by atoms with van der Waals surface area (Å²) in [7, 11) is 1.56. The molecule has 27 heavy (non-hydrogen) atoms. The fourth-order valence-corrected chi connectivity index (χ4v) is 2.93. The van der Waals surface area contributed by atoms with Crippen molar-refractivity contribution in [2.45, 2.75) is 27.3 Å². The van der Waals surface area contributed by atoms with Crippen LogP contribution in [0.4, 0.5) is 11.4 Å². The van der Waals surface area contributed by atoms with E-state index in [1.165, 1.54) is 4.68 Å². The molecule has 3 aromatic rings. The van der Waals surface area contributed by atoms with E-state index in [0.29, 0.717) is 23.6 Å². The molecule has 0 aliphatic rings. The second-order valence-electron chi connectivity index (χ2n) is 6.31. The first kappa shape index (κ1) is 18.3. The molecule has 2 aromatic heterocycles. The summed E-state index contributed by atoms with van der Waals surface area (Å²) in [4.78, 5) is 23.4. The summed E-state index contributed by atoms with van der Waals surface area (Å²) in [5, 5.41) is 22.5. The SMILES string of the molecule is Cc1nn(Cc2ccccc2)c(C)c1NC(=O)c1nn(C)c(C)c1[N+](=O)[O-]. The number of carbonyl (C=O) groups is 1. The second-order valence-corrected chi connectivity index (χ2v) is 6.31. The van der Waals surface area contributed by atoms with E-state index in [4.69, 9.17) is 0 Å². The Kier molecular flexibility index (Phi) is 4.76. The molecule has 1 N–H and O–H groups in total. The van der Waals surface area contributed by atoms with Crippen LogP contribution in [-0.4, -0.2) is 30.4 Å². The minimum Gasteiger partial charge on any atom is -0.317 e. The van der Waals surface area contributed by atoms with Gasteiger partial charge in [-0.1, -0.05) is 30.3 Å². The van der Waals surface area contributed by atoms with Gasteiger partial charge in [-0.05, 0) is 26.3 Å². The summed E-state index contributed by atoms with van der Waals surface area (Å²) in [6.45, 7) is 5.74. The van der Waals surface area contributed by atoms with Crippen molar-refractivity contribution in [3.8, 4) is 0 Å². The van der Waals surface area contributed by atoms with Crippen molar-refractivity contribution in [2.24, 2.45) is 7.05 Å². The van der Waals surface area contributed by atoms with Gasteiger partial charge in [-0.2, -0.15) is 10.2 Å². The molecule has 0 radical (unpaired) electrons. The lowest BCUT2D eigenvalue weighted by atomic mass is 10.2. The number of rotatable bonds is 5. The van der Waals surface area contributed by atoms with Crippen molar-refractivity contribution in [2.75, 3.05) is 5.32 Å². The predicted octanol–water partition coefficient (Wildman–Crippen LogP) is 2.75. The predicted molar refractivity (Wildman–Crippen MR) is 99.8 cm³/mol. The van der Waals surface area contributed by atoms with Gasteiger partial charge in [0, 0.05) is 7.05 Å². The van der Waals surface area contributed by atoms with Gasteiger partial charge in [-0.25, -0.2) is 0 Å². The van der Waals surface area contributed by atoms with Crippen LogP contribution in [0.5, 0.6) is 0 Å². The topological polar surface area (TPSA) is 108 Å². The zero-order valence-corrected chi connectivity index (χ0v) is 15.6. The first-order chi connectivity index (χ1) is 12.8. The van der Waals surface area contributed by atoms with E-state index in [1.54, 1.807) is 25.6 Å². The number of anilines is 1. The van der Waals surface area contributed by atoms with Crippen LogP contribution in [0.15, 0.2) is 30.3 Å². The molecule has 0 fully saturated rings. The molecule has 1 aromatic carbocycles. The zero-order chi connectivity index (χ0) is 19.7. The van der Waals surface area contributed by atoms with Gasteiger partial charge in [0.25, 0.3) is 5.91 Å².